The topological polar surface area (TPSA) is 267 Å². The number of aliphatic carboxylic acids is 1. The molecule has 0 aliphatic rings. The highest BCUT2D eigenvalue weighted by Gasteiger charge is 2.17. The van der Waals surface area contributed by atoms with E-state index in [-0.39, 0.29) is 22.9 Å². The summed E-state index contributed by atoms with van der Waals surface area (Å²) < 4.78 is 53.4. The van der Waals surface area contributed by atoms with Gasteiger partial charge in [-0.3, -0.25) is 9.35 Å². The molecule has 0 spiro atoms. The van der Waals surface area contributed by atoms with Crippen molar-refractivity contribution in [1.29, 1.82) is 0 Å². The molecule has 0 heterocycles. The molecule has 20 heteroatoms. The highest BCUT2D eigenvalue weighted by atomic mass is 32.2. The van der Waals surface area contributed by atoms with E-state index in [0.29, 0.717) is 34.8 Å². The Balaban J connectivity index is 0.00000149. The first-order valence-electron chi connectivity index (χ1n) is 11.9. The number of carbonyl (C=O) groups is 1. The number of anilines is 1. The van der Waals surface area contributed by atoms with Crippen LogP contribution in [0.4, 0.5) is 28.4 Å². The molecule has 0 fully saturated rings. The maximum absolute atomic E-state index is 11.9. The number of azo groups is 2. The van der Waals surface area contributed by atoms with Gasteiger partial charge in [0.1, 0.15) is 16.3 Å². The van der Waals surface area contributed by atoms with Gasteiger partial charge in [0.05, 0.1) is 41.5 Å². The molecule has 1 atom stereocenters. The summed E-state index contributed by atoms with van der Waals surface area (Å²) >= 11 is -1.34. The lowest BCUT2D eigenvalue weighted by Gasteiger charge is -2.06. The molecule has 17 nitrogen and oxygen atoms in total. The Morgan fingerprint density at radius 1 is 0.955 bits per heavy atom. The van der Waals surface area contributed by atoms with Crippen molar-refractivity contribution < 1.29 is 50.9 Å². The van der Waals surface area contributed by atoms with E-state index in [9.17, 15) is 17.2 Å². The zero-order valence-corrected chi connectivity index (χ0v) is 25.9. The van der Waals surface area contributed by atoms with Crippen LogP contribution in [0.3, 0.4) is 0 Å². The smallest absolute Gasteiger partial charge is 0.300 e. The molecule has 1 unspecified atom stereocenters. The fraction of sp³-hybridized carbons (Fsp3) is 0.208. The third-order valence-electron chi connectivity index (χ3n) is 4.42. The standard InChI is InChI=1S/C21H21N5O9S3.C2H4O2.CH5N/c1-14-2-4-15(5-3-14)23-26-20-12-16(6-8-18(20)22)24-25-19-9-7-17(13-21(19)38(29,30)31)36-34-32-10-11-37(28)35-33-27;1-2(3)4;1-2/h2-9,12-13,27H,10-11,22H2,1H3,(H,29,30,31);1H3,(H,3,4);2H2,1H3. The monoisotopic (exact) mass is 674 g/mol. The van der Waals surface area contributed by atoms with Gasteiger partial charge < -0.3 is 16.6 Å². The Morgan fingerprint density at radius 2 is 1.55 bits per heavy atom. The average molecular weight is 675 g/mol. The van der Waals surface area contributed by atoms with Gasteiger partial charge in [0.2, 0.25) is 0 Å². The Morgan fingerprint density at radius 3 is 2.16 bits per heavy atom. The van der Waals surface area contributed by atoms with Crippen molar-refractivity contribution in [2.45, 2.75) is 23.6 Å². The average Bonchev–Trinajstić information content (AvgIpc) is 2.97. The van der Waals surface area contributed by atoms with E-state index in [1.165, 1.54) is 25.2 Å². The normalized spacial score (nSPS) is 11.9. The quantitative estimate of drug-likeness (QED) is 0.0290. The van der Waals surface area contributed by atoms with Crippen LogP contribution in [0.2, 0.25) is 0 Å². The van der Waals surface area contributed by atoms with Crippen molar-refractivity contribution in [3.05, 3.63) is 66.2 Å². The van der Waals surface area contributed by atoms with Gasteiger partial charge in [0.15, 0.2) is 11.1 Å². The molecule has 44 heavy (non-hydrogen) atoms. The fourth-order valence-corrected chi connectivity index (χ4v) is 4.17. The molecule has 0 aliphatic heterocycles. The highest BCUT2D eigenvalue weighted by molar-refractivity contribution is 7.94. The summed E-state index contributed by atoms with van der Waals surface area (Å²) in [6.07, 6.45) is 0. The van der Waals surface area contributed by atoms with Gasteiger partial charge in [-0.25, -0.2) is 14.4 Å². The zero-order chi connectivity index (χ0) is 33.1. The minimum atomic E-state index is -4.68. The van der Waals surface area contributed by atoms with E-state index >= 15 is 0 Å². The van der Waals surface area contributed by atoms with Crippen LogP contribution in [0, 0.1) is 6.92 Å². The molecule has 0 saturated carbocycles. The number of nitrogens with zero attached hydrogens (tertiary/aromatic N) is 4. The van der Waals surface area contributed by atoms with Crippen LogP contribution in [-0.2, 0) is 44.6 Å². The second-order valence-corrected chi connectivity index (χ2v) is 11.0. The summed E-state index contributed by atoms with van der Waals surface area (Å²) in [4.78, 5) is 13.5. The number of nitrogen functional groups attached to an aromatic ring is 1. The summed E-state index contributed by atoms with van der Waals surface area (Å²) in [5, 5.41) is 34.9. The SMILES string of the molecule is CC(=O)O.CN.Cc1ccc(N=Nc2cc(N=Nc3ccc(SOOCCS(=O)OOO)cc3S(=O)(=O)O)ccc2N)cc1. The predicted octanol–water partition coefficient (Wildman–Crippen LogP) is 5.36. The van der Waals surface area contributed by atoms with Crippen molar-refractivity contribution in [3.63, 3.8) is 0 Å². The second kappa shape index (κ2) is 20.3. The van der Waals surface area contributed by atoms with E-state index in [1.54, 1.807) is 24.3 Å². The van der Waals surface area contributed by atoms with E-state index in [2.05, 4.69) is 35.6 Å². The van der Waals surface area contributed by atoms with E-state index in [4.69, 9.17) is 30.1 Å². The molecular weight excluding hydrogens is 644 g/mol. The Labute approximate surface area is 259 Å². The van der Waals surface area contributed by atoms with Gasteiger partial charge in [-0.05, 0) is 62.5 Å². The minimum absolute atomic E-state index is 0.144. The second-order valence-electron chi connectivity index (χ2n) is 7.73. The van der Waals surface area contributed by atoms with Crippen LogP contribution >= 0.6 is 12.0 Å². The molecule has 0 aromatic heterocycles. The molecule has 240 valence electrons. The Bertz CT molecular complexity index is 1540. The first-order valence-corrected chi connectivity index (χ1v) is 15.3. The summed E-state index contributed by atoms with van der Waals surface area (Å²) in [6, 6.07) is 15.9. The van der Waals surface area contributed by atoms with Crippen molar-refractivity contribution in [2.24, 2.45) is 26.2 Å². The summed E-state index contributed by atoms with van der Waals surface area (Å²) in [7, 11) is -3.18. The first kappa shape index (κ1) is 38.3. The Hall–Kier alpha value is -3.70. The number of rotatable bonds is 13. The molecule has 0 radical (unpaired) electrons. The Kier molecular flexibility index (Phi) is 17.7. The van der Waals surface area contributed by atoms with Gasteiger partial charge in [-0.2, -0.15) is 23.0 Å². The van der Waals surface area contributed by atoms with Gasteiger partial charge >= 0.3 is 0 Å². The van der Waals surface area contributed by atoms with Crippen LogP contribution in [0.15, 0.2) is 90.9 Å². The van der Waals surface area contributed by atoms with E-state index in [1.807, 2.05) is 19.1 Å². The van der Waals surface area contributed by atoms with E-state index < -0.39 is 32.1 Å². The molecular formula is C24H30N6O11S3. The maximum atomic E-state index is 11.9. The first-order chi connectivity index (χ1) is 20.9. The summed E-state index contributed by atoms with van der Waals surface area (Å²) in [5.41, 5.74) is 13.0. The van der Waals surface area contributed by atoms with Gasteiger partial charge in [0.25, 0.3) is 16.1 Å². The number of hydrogen-bond acceptors (Lipinski definition) is 16. The number of aryl methyl sites for hydroxylation is 1. The van der Waals surface area contributed by atoms with Crippen molar-refractivity contribution in [1.82, 2.24) is 0 Å². The summed E-state index contributed by atoms with van der Waals surface area (Å²) in [5.74, 6) is -1.02. The highest BCUT2D eigenvalue weighted by Crippen LogP contribution is 2.33. The van der Waals surface area contributed by atoms with Crippen molar-refractivity contribution >= 4 is 67.6 Å². The lowest BCUT2D eigenvalue weighted by molar-refractivity contribution is -0.435. The fourth-order valence-electron chi connectivity index (χ4n) is 2.62. The molecule has 0 saturated heterocycles. The third kappa shape index (κ3) is 15.2. The molecule has 0 amide bonds. The van der Waals surface area contributed by atoms with Gasteiger partial charge in [-0.1, -0.05) is 22.7 Å². The van der Waals surface area contributed by atoms with Gasteiger partial charge in [0, 0.05) is 11.8 Å². The number of hydrogen-bond donors (Lipinski definition) is 5. The molecule has 0 bridgehead atoms. The third-order valence-corrected chi connectivity index (χ3v) is 6.63. The molecule has 7 N–H and O–H groups in total. The summed E-state index contributed by atoms with van der Waals surface area (Å²) in [6.45, 7) is 2.84. The van der Waals surface area contributed by atoms with Gasteiger partial charge in [-0.15, -0.1) is 14.6 Å². The molecule has 0 aliphatic carbocycles. The lowest BCUT2D eigenvalue weighted by Crippen LogP contribution is -2.07. The van der Waals surface area contributed by atoms with Crippen LogP contribution in [0.1, 0.15) is 12.5 Å². The largest absolute Gasteiger partial charge is 0.481 e. The van der Waals surface area contributed by atoms with Crippen LogP contribution in [-0.4, -0.2) is 52.9 Å². The number of benzene rings is 3. The minimum Gasteiger partial charge on any atom is -0.481 e. The lowest BCUT2D eigenvalue weighted by atomic mass is 10.2. The van der Waals surface area contributed by atoms with Crippen LogP contribution < -0.4 is 11.5 Å². The van der Waals surface area contributed by atoms with Crippen molar-refractivity contribution in [3.8, 4) is 0 Å². The van der Waals surface area contributed by atoms with Crippen LogP contribution in [0.25, 0.3) is 0 Å². The zero-order valence-electron chi connectivity index (χ0n) is 23.5. The van der Waals surface area contributed by atoms with Crippen molar-refractivity contribution in [2.75, 3.05) is 25.1 Å². The maximum Gasteiger partial charge on any atom is 0.300 e. The van der Waals surface area contributed by atoms with E-state index in [0.717, 1.165) is 18.6 Å². The molecule has 3 aromatic carbocycles. The number of carboxylic acid groups (broad SMARTS) is 1. The van der Waals surface area contributed by atoms with Crippen LogP contribution in [0.5, 0.6) is 0 Å². The number of carboxylic acids is 1. The predicted molar refractivity (Wildman–Crippen MR) is 161 cm³/mol. The molecule has 3 aromatic rings. The number of nitrogens with two attached hydrogens (primary N) is 2. The molecule has 3 rings (SSSR count).